The van der Waals surface area contributed by atoms with Crippen molar-refractivity contribution < 1.29 is 4.42 Å². The highest BCUT2D eigenvalue weighted by atomic mass is 79.9. The van der Waals surface area contributed by atoms with Gasteiger partial charge in [-0.1, -0.05) is 12.1 Å². The molecule has 0 unspecified atom stereocenters. The summed E-state index contributed by atoms with van der Waals surface area (Å²) in [5.41, 5.74) is 1.75. The maximum absolute atomic E-state index is 5.84. The number of hydrogen-bond donors (Lipinski definition) is 0. The molecule has 0 amide bonds. The quantitative estimate of drug-likeness (QED) is 0.703. The Balaban J connectivity index is 1.48. The second-order valence-electron chi connectivity index (χ2n) is 5.27. The Labute approximate surface area is 136 Å². The molecule has 1 aliphatic heterocycles. The lowest BCUT2D eigenvalue weighted by molar-refractivity contribution is 0.540. The van der Waals surface area contributed by atoms with Crippen molar-refractivity contribution in [1.29, 1.82) is 0 Å². The molecule has 6 heteroatoms. The Morgan fingerprint density at radius 1 is 0.955 bits per heavy atom. The van der Waals surface area contributed by atoms with Crippen molar-refractivity contribution in [2.75, 3.05) is 36.0 Å². The molecule has 1 aromatic carbocycles. The van der Waals surface area contributed by atoms with Crippen LogP contribution >= 0.6 is 15.9 Å². The van der Waals surface area contributed by atoms with Crippen molar-refractivity contribution in [2.24, 2.45) is 0 Å². The number of halogens is 1. The van der Waals surface area contributed by atoms with Crippen molar-refractivity contribution in [1.82, 2.24) is 9.97 Å². The predicted octanol–water partition coefficient (Wildman–Crippen LogP) is 3.31. The van der Waals surface area contributed by atoms with E-state index < -0.39 is 0 Å². The van der Waals surface area contributed by atoms with Crippen LogP contribution in [-0.2, 0) is 0 Å². The first-order valence-corrected chi connectivity index (χ1v) is 8.06. The van der Waals surface area contributed by atoms with Crippen LogP contribution in [0.2, 0.25) is 0 Å². The van der Waals surface area contributed by atoms with Crippen LogP contribution in [0.15, 0.2) is 51.5 Å². The van der Waals surface area contributed by atoms with Gasteiger partial charge in [0.05, 0.1) is 0 Å². The Bertz CT molecular complexity index is 745. The van der Waals surface area contributed by atoms with Crippen LogP contribution in [0.4, 0.5) is 11.8 Å². The van der Waals surface area contributed by atoms with E-state index in [1.807, 2.05) is 42.6 Å². The number of nitrogens with zero attached hydrogens (tertiary/aromatic N) is 4. The molecule has 22 heavy (non-hydrogen) atoms. The summed E-state index contributed by atoms with van der Waals surface area (Å²) in [6.45, 7) is 3.58. The Morgan fingerprint density at radius 2 is 1.73 bits per heavy atom. The Kier molecular flexibility index (Phi) is 3.46. The minimum atomic E-state index is 0.713. The first kappa shape index (κ1) is 13.6. The van der Waals surface area contributed by atoms with Crippen LogP contribution in [0.3, 0.4) is 0 Å². The van der Waals surface area contributed by atoms with Gasteiger partial charge in [0.2, 0.25) is 0 Å². The van der Waals surface area contributed by atoms with Gasteiger partial charge in [-0.15, -0.1) is 0 Å². The van der Waals surface area contributed by atoms with Crippen LogP contribution < -0.4 is 9.80 Å². The van der Waals surface area contributed by atoms with Crippen molar-refractivity contribution in [3.63, 3.8) is 0 Å². The van der Waals surface area contributed by atoms with E-state index in [4.69, 9.17) is 4.42 Å². The van der Waals surface area contributed by atoms with Crippen LogP contribution in [0.5, 0.6) is 0 Å². The fraction of sp³-hybridized carbons (Fsp3) is 0.250. The molecule has 4 rings (SSSR count). The zero-order chi connectivity index (χ0) is 14.9. The lowest BCUT2D eigenvalue weighted by Crippen LogP contribution is -2.47. The van der Waals surface area contributed by atoms with E-state index in [-0.39, 0.29) is 0 Å². The molecule has 5 nitrogen and oxygen atoms in total. The van der Waals surface area contributed by atoms with Crippen LogP contribution in [-0.4, -0.2) is 36.1 Å². The van der Waals surface area contributed by atoms with E-state index in [2.05, 4.69) is 35.7 Å². The minimum absolute atomic E-state index is 0.713. The van der Waals surface area contributed by atoms with E-state index in [9.17, 15) is 0 Å². The lowest BCUT2D eigenvalue weighted by Gasteiger charge is -2.34. The van der Waals surface area contributed by atoms with Gasteiger partial charge >= 0.3 is 0 Å². The number of hydrogen-bond acceptors (Lipinski definition) is 5. The molecule has 1 saturated heterocycles. The molecule has 0 N–H and O–H groups in total. The summed E-state index contributed by atoms with van der Waals surface area (Å²) < 4.78 is 6.84. The summed E-state index contributed by atoms with van der Waals surface area (Å²) in [6, 6.07) is 12.7. The lowest BCUT2D eigenvalue weighted by atomic mass is 10.3. The highest BCUT2D eigenvalue weighted by molar-refractivity contribution is 9.10. The van der Waals surface area contributed by atoms with Gasteiger partial charge in [0.25, 0.3) is 6.01 Å². The number of rotatable bonds is 2. The molecule has 0 bridgehead atoms. The normalized spacial score (nSPS) is 15.5. The number of benzene rings is 1. The van der Waals surface area contributed by atoms with Crippen LogP contribution in [0.25, 0.3) is 11.1 Å². The molecule has 112 valence electrons. The maximum atomic E-state index is 5.84. The third-order valence-corrected chi connectivity index (χ3v) is 4.34. The Morgan fingerprint density at radius 3 is 2.45 bits per heavy atom. The number of oxazole rings is 1. The zero-order valence-corrected chi connectivity index (χ0v) is 13.5. The van der Waals surface area contributed by atoms with Gasteiger partial charge in [0.1, 0.15) is 11.3 Å². The number of anilines is 2. The smallest absolute Gasteiger partial charge is 0.298 e. The monoisotopic (exact) mass is 358 g/mol. The molecule has 3 heterocycles. The fourth-order valence-corrected chi connectivity index (χ4v) is 2.91. The van der Waals surface area contributed by atoms with E-state index in [0.717, 1.165) is 47.6 Å². The highest BCUT2D eigenvalue weighted by Gasteiger charge is 2.21. The summed E-state index contributed by atoms with van der Waals surface area (Å²) in [5.74, 6) is 1.01. The van der Waals surface area contributed by atoms with Gasteiger partial charge < -0.3 is 14.2 Å². The summed E-state index contributed by atoms with van der Waals surface area (Å²) in [4.78, 5) is 13.5. The van der Waals surface area contributed by atoms with Crippen molar-refractivity contribution in [3.8, 4) is 0 Å². The van der Waals surface area contributed by atoms with Gasteiger partial charge in [-0.25, -0.2) is 4.98 Å². The molecule has 2 aromatic heterocycles. The molecule has 1 fully saturated rings. The average molecular weight is 359 g/mol. The summed E-state index contributed by atoms with van der Waals surface area (Å²) in [5, 5.41) is 0. The summed E-state index contributed by atoms with van der Waals surface area (Å²) >= 11 is 3.42. The van der Waals surface area contributed by atoms with Gasteiger partial charge in [0, 0.05) is 36.8 Å². The van der Waals surface area contributed by atoms with Gasteiger partial charge in [-0.2, -0.15) is 4.98 Å². The minimum Gasteiger partial charge on any atom is -0.423 e. The second-order valence-corrected chi connectivity index (χ2v) is 6.19. The zero-order valence-electron chi connectivity index (χ0n) is 11.9. The van der Waals surface area contributed by atoms with Gasteiger partial charge in [0.15, 0.2) is 5.58 Å². The number of piperazine rings is 1. The molecule has 1 aliphatic rings. The van der Waals surface area contributed by atoms with E-state index in [0.29, 0.717) is 6.01 Å². The van der Waals surface area contributed by atoms with E-state index in [1.165, 1.54) is 0 Å². The SMILES string of the molecule is Brc1ccc(N2CCN(c3nc4ccccc4o3)CC2)nc1. The largest absolute Gasteiger partial charge is 0.423 e. The van der Waals surface area contributed by atoms with Crippen molar-refractivity contribution >= 4 is 38.9 Å². The van der Waals surface area contributed by atoms with Gasteiger partial charge in [-0.3, -0.25) is 0 Å². The molecule has 0 atom stereocenters. The van der Waals surface area contributed by atoms with Gasteiger partial charge in [-0.05, 0) is 40.2 Å². The van der Waals surface area contributed by atoms with Crippen molar-refractivity contribution in [3.05, 3.63) is 47.1 Å². The first-order valence-electron chi connectivity index (χ1n) is 7.27. The number of fused-ring (bicyclic) bond motifs is 1. The molecular formula is C16H15BrN4O. The molecule has 0 aliphatic carbocycles. The third-order valence-electron chi connectivity index (χ3n) is 3.87. The predicted molar refractivity (Wildman–Crippen MR) is 90.4 cm³/mol. The molecule has 3 aromatic rings. The van der Waals surface area contributed by atoms with E-state index >= 15 is 0 Å². The average Bonchev–Trinajstić information content (AvgIpc) is 3.00. The number of pyridine rings is 1. The molecule has 0 spiro atoms. The first-order chi connectivity index (χ1) is 10.8. The maximum Gasteiger partial charge on any atom is 0.298 e. The fourth-order valence-electron chi connectivity index (χ4n) is 2.68. The summed E-state index contributed by atoms with van der Waals surface area (Å²) in [6.07, 6.45) is 1.84. The number of para-hydroxylation sites is 2. The molecule has 0 saturated carbocycles. The second kappa shape index (κ2) is 5.61. The van der Waals surface area contributed by atoms with Crippen LogP contribution in [0, 0.1) is 0 Å². The number of aromatic nitrogens is 2. The highest BCUT2D eigenvalue weighted by Crippen LogP contribution is 2.23. The standard InChI is InChI=1S/C16H15BrN4O/c17-12-5-6-15(18-11-12)20-7-9-21(10-8-20)16-19-13-3-1-2-4-14(13)22-16/h1-6,11H,7-10H2. The molecule has 0 radical (unpaired) electrons. The topological polar surface area (TPSA) is 45.4 Å². The van der Waals surface area contributed by atoms with Crippen molar-refractivity contribution in [2.45, 2.75) is 0 Å². The summed E-state index contributed by atoms with van der Waals surface area (Å²) in [7, 11) is 0. The third kappa shape index (κ3) is 2.54. The van der Waals surface area contributed by atoms with Crippen LogP contribution in [0.1, 0.15) is 0 Å². The Hall–Kier alpha value is -2.08. The molecular weight excluding hydrogens is 344 g/mol. The van der Waals surface area contributed by atoms with E-state index in [1.54, 1.807) is 0 Å².